The summed E-state index contributed by atoms with van der Waals surface area (Å²) in [6.45, 7) is 1.54. The Balaban J connectivity index is 3.19. The van der Waals surface area contributed by atoms with Crippen LogP contribution in [-0.2, 0) is 4.79 Å². The quantitative estimate of drug-likeness (QED) is 0.285. The van der Waals surface area contributed by atoms with Crippen LogP contribution < -0.4 is 0 Å². The molecule has 0 unspecified atom stereocenters. The molecule has 0 saturated carbocycles. The number of nitrogens with zero attached hydrogens (tertiary/aromatic N) is 2. The van der Waals surface area contributed by atoms with E-state index in [0.29, 0.717) is 17.5 Å². The highest BCUT2D eigenvalue weighted by Gasteiger charge is 2.11. The zero-order chi connectivity index (χ0) is 10.6. The summed E-state index contributed by atoms with van der Waals surface area (Å²) in [6.07, 6.45) is 1.81. The fourth-order valence-corrected chi connectivity index (χ4v) is 0.887. The third-order valence-electron chi connectivity index (χ3n) is 1.53. The molecule has 1 aromatic rings. The first-order valence-corrected chi connectivity index (χ1v) is 3.71. The van der Waals surface area contributed by atoms with Gasteiger partial charge in [-0.25, -0.2) is 0 Å². The van der Waals surface area contributed by atoms with Gasteiger partial charge in [0, 0.05) is 12.3 Å². The molecule has 0 N–H and O–H groups in total. The topological polar surface area (TPSA) is 73.1 Å². The molecule has 0 aliphatic rings. The van der Waals surface area contributed by atoms with Crippen LogP contribution in [0.1, 0.15) is 11.3 Å². The third-order valence-corrected chi connectivity index (χ3v) is 1.53. The SMILES string of the molecule is Cc1ncc(C#CC=O)cc1[N+](=O)[O-]. The third kappa shape index (κ3) is 2.14. The normalized spacial score (nSPS) is 8.64. The van der Waals surface area contributed by atoms with Gasteiger partial charge in [-0.15, -0.1) is 0 Å². The van der Waals surface area contributed by atoms with E-state index in [1.165, 1.54) is 19.2 Å². The van der Waals surface area contributed by atoms with Crippen molar-refractivity contribution in [2.24, 2.45) is 0 Å². The van der Waals surface area contributed by atoms with Crippen molar-refractivity contribution in [1.29, 1.82) is 0 Å². The molecule has 1 aromatic heterocycles. The molecule has 0 saturated heterocycles. The number of aldehydes is 1. The summed E-state index contributed by atoms with van der Waals surface area (Å²) in [7, 11) is 0. The van der Waals surface area contributed by atoms with Crippen LogP contribution in [0.3, 0.4) is 0 Å². The van der Waals surface area contributed by atoms with Crippen LogP contribution >= 0.6 is 0 Å². The first kappa shape index (κ1) is 9.86. The number of aromatic nitrogens is 1. The smallest absolute Gasteiger partial charge is 0.289 e. The zero-order valence-corrected chi connectivity index (χ0v) is 7.35. The maximum Gasteiger partial charge on any atom is 0.291 e. The zero-order valence-electron chi connectivity index (χ0n) is 7.35. The van der Waals surface area contributed by atoms with Crippen LogP contribution in [-0.4, -0.2) is 16.2 Å². The summed E-state index contributed by atoms with van der Waals surface area (Å²) in [5, 5.41) is 10.5. The van der Waals surface area contributed by atoms with Gasteiger partial charge in [-0.3, -0.25) is 19.9 Å². The lowest BCUT2D eigenvalue weighted by atomic mass is 10.2. The van der Waals surface area contributed by atoms with E-state index in [9.17, 15) is 14.9 Å². The standard InChI is InChI=1S/C9H6N2O3/c1-7-9(11(13)14)5-8(6-10-7)3-2-4-12/h4-6H,1H3. The van der Waals surface area contributed by atoms with E-state index in [2.05, 4.69) is 16.8 Å². The minimum Gasteiger partial charge on any atom is -0.289 e. The van der Waals surface area contributed by atoms with Crippen molar-refractivity contribution in [3.05, 3.63) is 33.6 Å². The van der Waals surface area contributed by atoms with Crippen LogP contribution in [0.2, 0.25) is 0 Å². The molecule has 70 valence electrons. The van der Waals surface area contributed by atoms with Gasteiger partial charge in [0.25, 0.3) is 5.69 Å². The van der Waals surface area contributed by atoms with E-state index in [0.717, 1.165) is 0 Å². The second-order valence-corrected chi connectivity index (χ2v) is 2.47. The Morgan fingerprint density at radius 2 is 2.36 bits per heavy atom. The molecule has 14 heavy (non-hydrogen) atoms. The van der Waals surface area contributed by atoms with Gasteiger partial charge in [-0.1, -0.05) is 5.92 Å². The number of carbonyl (C=O) groups excluding carboxylic acids is 1. The van der Waals surface area contributed by atoms with Gasteiger partial charge in [-0.2, -0.15) is 0 Å². The summed E-state index contributed by atoms with van der Waals surface area (Å²) in [4.78, 5) is 23.7. The van der Waals surface area contributed by atoms with Crippen LogP contribution in [0.5, 0.6) is 0 Å². The molecule has 1 rings (SSSR count). The van der Waals surface area contributed by atoms with E-state index in [1.807, 2.05) is 0 Å². The average molecular weight is 190 g/mol. The van der Waals surface area contributed by atoms with Gasteiger partial charge in [-0.05, 0) is 12.8 Å². The predicted octanol–water partition coefficient (Wildman–Crippen LogP) is 0.849. The first-order chi connectivity index (χ1) is 6.65. The summed E-state index contributed by atoms with van der Waals surface area (Å²) in [5.74, 6) is 4.59. The Hall–Kier alpha value is -2.22. The van der Waals surface area contributed by atoms with Crippen LogP contribution in [0.25, 0.3) is 0 Å². The van der Waals surface area contributed by atoms with E-state index < -0.39 is 4.92 Å². The van der Waals surface area contributed by atoms with Crippen molar-refractivity contribution in [1.82, 2.24) is 4.98 Å². The molecule has 5 nitrogen and oxygen atoms in total. The number of hydrogen-bond acceptors (Lipinski definition) is 4. The molecule has 0 atom stereocenters. The van der Waals surface area contributed by atoms with Crippen molar-refractivity contribution >= 4 is 12.0 Å². The lowest BCUT2D eigenvalue weighted by Gasteiger charge is -1.95. The second kappa shape index (κ2) is 4.14. The van der Waals surface area contributed by atoms with E-state index in [1.54, 1.807) is 0 Å². The summed E-state index contributed by atoms with van der Waals surface area (Å²) in [5.41, 5.74) is 0.587. The Bertz CT molecular complexity index is 443. The number of nitro groups is 1. The molecule has 1 heterocycles. The largest absolute Gasteiger partial charge is 0.291 e. The van der Waals surface area contributed by atoms with Gasteiger partial charge in [0.05, 0.1) is 10.5 Å². The Labute approximate surface area is 79.9 Å². The second-order valence-electron chi connectivity index (χ2n) is 2.47. The van der Waals surface area contributed by atoms with Gasteiger partial charge >= 0.3 is 0 Å². The molecular weight excluding hydrogens is 184 g/mol. The van der Waals surface area contributed by atoms with Crippen LogP contribution in [0.15, 0.2) is 12.3 Å². The van der Waals surface area contributed by atoms with Crippen molar-refractivity contribution in [3.63, 3.8) is 0 Å². The fraction of sp³-hybridized carbons (Fsp3) is 0.111. The van der Waals surface area contributed by atoms with Gasteiger partial charge in [0.15, 0.2) is 6.29 Å². The highest BCUT2D eigenvalue weighted by atomic mass is 16.6. The van der Waals surface area contributed by atoms with Gasteiger partial charge in [0.1, 0.15) is 5.69 Å². The van der Waals surface area contributed by atoms with Crippen molar-refractivity contribution in [3.8, 4) is 11.8 Å². The maximum atomic E-state index is 10.5. The fourth-order valence-electron chi connectivity index (χ4n) is 0.887. The Morgan fingerprint density at radius 1 is 1.64 bits per heavy atom. The predicted molar refractivity (Wildman–Crippen MR) is 48.6 cm³/mol. The number of aryl methyl sites for hydroxylation is 1. The summed E-state index contributed by atoms with van der Waals surface area (Å²) >= 11 is 0. The molecule has 0 aliphatic heterocycles. The van der Waals surface area contributed by atoms with Crippen molar-refractivity contribution < 1.29 is 9.72 Å². The minimum atomic E-state index is -0.533. The van der Waals surface area contributed by atoms with E-state index in [4.69, 9.17) is 0 Å². The number of hydrogen-bond donors (Lipinski definition) is 0. The van der Waals surface area contributed by atoms with Crippen LogP contribution in [0, 0.1) is 28.9 Å². The maximum absolute atomic E-state index is 10.5. The lowest BCUT2D eigenvalue weighted by molar-refractivity contribution is -0.385. The molecule has 0 aromatic carbocycles. The average Bonchev–Trinajstić information content (AvgIpc) is 2.16. The molecule has 0 amide bonds. The highest BCUT2D eigenvalue weighted by molar-refractivity contribution is 5.74. The van der Waals surface area contributed by atoms with Gasteiger partial charge in [0.2, 0.25) is 0 Å². The van der Waals surface area contributed by atoms with Gasteiger partial charge < -0.3 is 0 Å². The number of rotatable bonds is 1. The molecule has 0 fully saturated rings. The first-order valence-electron chi connectivity index (χ1n) is 3.71. The van der Waals surface area contributed by atoms with E-state index in [-0.39, 0.29) is 5.69 Å². The molecule has 0 aliphatic carbocycles. The molecule has 0 bridgehead atoms. The molecular formula is C9H6N2O3. The molecule has 5 heteroatoms. The van der Waals surface area contributed by atoms with E-state index >= 15 is 0 Å². The van der Waals surface area contributed by atoms with Crippen molar-refractivity contribution in [2.75, 3.05) is 0 Å². The minimum absolute atomic E-state index is 0.0947. The summed E-state index contributed by atoms with van der Waals surface area (Å²) < 4.78 is 0. The highest BCUT2D eigenvalue weighted by Crippen LogP contribution is 2.15. The van der Waals surface area contributed by atoms with Crippen molar-refractivity contribution in [2.45, 2.75) is 6.92 Å². The Morgan fingerprint density at radius 3 is 2.93 bits per heavy atom. The monoisotopic (exact) mass is 190 g/mol. The number of pyridine rings is 1. The molecule has 0 radical (unpaired) electrons. The van der Waals surface area contributed by atoms with Crippen LogP contribution in [0.4, 0.5) is 5.69 Å². The number of carbonyl (C=O) groups is 1. The molecule has 0 spiro atoms. The Kier molecular flexibility index (Phi) is 2.92. The lowest BCUT2D eigenvalue weighted by Crippen LogP contribution is -1.94. The summed E-state index contributed by atoms with van der Waals surface area (Å²) in [6, 6.07) is 1.29.